The van der Waals surface area contributed by atoms with Gasteiger partial charge in [0.1, 0.15) is 0 Å². The molecule has 0 aromatic rings. The summed E-state index contributed by atoms with van der Waals surface area (Å²) in [6.45, 7) is 3.33. The first-order chi connectivity index (χ1) is 8.29. The molecule has 2 fully saturated rings. The summed E-state index contributed by atoms with van der Waals surface area (Å²) in [6, 6.07) is 0.0886. The molecule has 2 saturated heterocycles. The monoisotopic (exact) mass is 245 g/mol. The van der Waals surface area contributed by atoms with Crippen LogP contribution in [0.3, 0.4) is 0 Å². The summed E-state index contributed by atoms with van der Waals surface area (Å²) < 4.78 is 20.8. The lowest BCUT2D eigenvalue weighted by molar-refractivity contribution is -0.0944. The molecule has 0 aromatic heterocycles. The maximum atomic E-state index is 11.2. The summed E-state index contributed by atoms with van der Waals surface area (Å²) in [4.78, 5) is 11.2. The van der Waals surface area contributed by atoms with Crippen molar-refractivity contribution in [2.24, 2.45) is 0 Å². The molecule has 98 valence electrons. The molecule has 0 radical (unpaired) electrons. The topological polar surface area (TPSA) is 66.0 Å². The van der Waals surface area contributed by atoms with Crippen LogP contribution in [0.1, 0.15) is 26.2 Å². The standard InChI is InChI=1S/C11H19NO5/c1-2-14-11(13)17-9-5-3-4-8(12-9)10-15-6-7-16-10/h8-10,12H,2-7H2,1H3. The van der Waals surface area contributed by atoms with Gasteiger partial charge in [0.05, 0.1) is 25.9 Å². The van der Waals surface area contributed by atoms with Gasteiger partial charge in [-0.2, -0.15) is 0 Å². The fraction of sp³-hybridized carbons (Fsp3) is 0.909. The maximum absolute atomic E-state index is 11.2. The van der Waals surface area contributed by atoms with Crippen LogP contribution in [-0.4, -0.2) is 44.5 Å². The van der Waals surface area contributed by atoms with E-state index in [4.69, 9.17) is 18.9 Å². The molecule has 2 heterocycles. The Balaban J connectivity index is 1.77. The van der Waals surface area contributed by atoms with Gasteiger partial charge in [-0.15, -0.1) is 0 Å². The Hall–Kier alpha value is -0.850. The largest absolute Gasteiger partial charge is 0.509 e. The Morgan fingerprint density at radius 1 is 1.35 bits per heavy atom. The second-order valence-corrected chi connectivity index (χ2v) is 4.10. The minimum atomic E-state index is -0.626. The van der Waals surface area contributed by atoms with Crippen LogP contribution in [0.5, 0.6) is 0 Å². The molecule has 2 aliphatic rings. The molecule has 0 aliphatic carbocycles. The predicted octanol–water partition coefficient (Wildman–Crippen LogP) is 1.00. The van der Waals surface area contributed by atoms with Crippen molar-refractivity contribution in [3.63, 3.8) is 0 Å². The van der Waals surface area contributed by atoms with Crippen LogP contribution < -0.4 is 5.32 Å². The zero-order valence-corrected chi connectivity index (χ0v) is 10.0. The van der Waals surface area contributed by atoms with E-state index in [-0.39, 0.29) is 18.6 Å². The number of rotatable bonds is 3. The number of piperidine rings is 1. The van der Waals surface area contributed by atoms with Crippen molar-refractivity contribution in [1.29, 1.82) is 0 Å². The van der Waals surface area contributed by atoms with E-state index in [1.54, 1.807) is 6.92 Å². The SMILES string of the molecule is CCOC(=O)OC1CCCC(C2OCCO2)N1. The van der Waals surface area contributed by atoms with Crippen LogP contribution in [0.2, 0.25) is 0 Å². The fourth-order valence-corrected chi connectivity index (χ4v) is 2.11. The third-order valence-corrected chi connectivity index (χ3v) is 2.86. The zero-order valence-electron chi connectivity index (χ0n) is 10.0. The van der Waals surface area contributed by atoms with Crippen LogP contribution >= 0.6 is 0 Å². The molecule has 0 saturated carbocycles. The summed E-state index contributed by atoms with van der Waals surface area (Å²) >= 11 is 0. The van der Waals surface area contributed by atoms with E-state index in [0.717, 1.165) is 19.3 Å². The summed E-state index contributed by atoms with van der Waals surface area (Å²) in [5.41, 5.74) is 0. The van der Waals surface area contributed by atoms with Gasteiger partial charge in [-0.1, -0.05) is 0 Å². The first-order valence-electron chi connectivity index (χ1n) is 6.12. The Morgan fingerprint density at radius 3 is 2.82 bits per heavy atom. The molecule has 1 N–H and O–H groups in total. The van der Waals surface area contributed by atoms with E-state index < -0.39 is 6.16 Å². The quantitative estimate of drug-likeness (QED) is 0.748. The third kappa shape index (κ3) is 3.55. The van der Waals surface area contributed by atoms with Crippen molar-refractivity contribution in [1.82, 2.24) is 5.32 Å². The highest BCUT2D eigenvalue weighted by atomic mass is 16.7. The van der Waals surface area contributed by atoms with E-state index in [2.05, 4.69) is 5.32 Å². The fourth-order valence-electron chi connectivity index (χ4n) is 2.11. The summed E-state index contributed by atoms with van der Waals surface area (Å²) in [5.74, 6) is 0. The van der Waals surface area contributed by atoms with Crippen molar-refractivity contribution in [2.75, 3.05) is 19.8 Å². The zero-order chi connectivity index (χ0) is 12.1. The van der Waals surface area contributed by atoms with Crippen molar-refractivity contribution in [3.8, 4) is 0 Å². The number of carbonyl (C=O) groups is 1. The first-order valence-corrected chi connectivity index (χ1v) is 6.12. The predicted molar refractivity (Wildman–Crippen MR) is 58.4 cm³/mol. The molecule has 0 bridgehead atoms. The van der Waals surface area contributed by atoms with Gasteiger partial charge in [0, 0.05) is 0 Å². The van der Waals surface area contributed by atoms with Gasteiger partial charge in [0.25, 0.3) is 0 Å². The van der Waals surface area contributed by atoms with Crippen molar-refractivity contribution in [3.05, 3.63) is 0 Å². The van der Waals surface area contributed by atoms with Gasteiger partial charge in [-0.3, -0.25) is 5.32 Å². The molecular weight excluding hydrogens is 226 g/mol. The van der Waals surface area contributed by atoms with Crippen molar-refractivity contribution in [2.45, 2.75) is 44.7 Å². The Bertz CT molecular complexity index is 254. The van der Waals surface area contributed by atoms with Crippen LogP contribution in [0.15, 0.2) is 0 Å². The molecule has 0 aromatic carbocycles. The number of hydrogen-bond donors (Lipinski definition) is 1. The molecule has 6 nitrogen and oxygen atoms in total. The lowest BCUT2D eigenvalue weighted by Gasteiger charge is -2.32. The molecule has 0 spiro atoms. The van der Waals surface area contributed by atoms with Crippen LogP contribution in [0, 0.1) is 0 Å². The van der Waals surface area contributed by atoms with Gasteiger partial charge >= 0.3 is 6.16 Å². The highest BCUT2D eigenvalue weighted by molar-refractivity contribution is 5.60. The second kappa shape index (κ2) is 6.18. The van der Waals surface area contributed by atoms with Gasteiger partial charge in [-0.25, -0.2) is 4.79 Å². The lowest BCUT2D eigenvalue weighted by atomic mass is 10.0. The molecule has 2 unspecified atom stereocenters. The minimum absolute atomic E-state index is 0.0886. The smallest absolute Gasteiger partial charge is 0.435 e. The van der Waals surface area contributed by atoms with Gasteiger partial charge < -0.3 is 18.9 Å². The van der Waals surface area contributed by atoms with Crippen molar-refractivity contribution >= 4 is 6.16 Å². The van der Waals surface area contributed by atoms with E-state index >= 15 is 0 Å². The minimum Gasteiger partial charge on any atom is -0.435 e. The summed E-state index contributed by atoms with van der Waals surface area (Å²) in [7, 11) is 0. The maximum Gasteiger partial charge on any atom is 0.509 e. The van der Waals surface area contributed by atoms with Gasteiger partial charge in [-0.05, 0) is 26.2 Å². The van der Waals surface area contributed by atoms with Crippen LogP contribution in [0.4, 0.5) is 4.79 Å². The number of nitrogens with one attached hydrogen (secondary N) is 1. The third-order valence-electron chi connectivity index (χ3n) is 2.86. The Morgan fingerprint density at radius 2 is 2.12 bits per heavy atom. The van der Waals surface area contributed by atoms with Gasteiger partial charge in [0.2, 0.25) is 0 Å². The molecule has 2 aliphatic heterocycles. The van der Waals surface area contributed by atoms with E-state index in [1.807, 2.05) is 0 Å². The Labute approximate surface area is 101 Å². The number of ether oxygens (including phenoxy) is 4. The summed E-state index contributed by atoms with van der Waals surface area (Å²) in [6.07, 6.45) is 1.59. The van der Waals surface area contributed by atoms with Crippen LogP contribution in [0.25, 0.3) is 0 Å². The second-order valence-electron chi connectivity index (χ2n) is 4.10. The normalized spacial score (nSPS) is 30.2. The molecule has 17 heavy (non-hydrogen) atoms. The average Bonchev–Trinajstić information content (AvgIpc) is 2.83. The Kier molecular flexibility index (Phi) is 4.58. The highest BCUT2D eigenvalue weighted by Crippen LogP contribution is 2.20. The summed E-state index contributed by atoms with van der Waals surface area (Å²) in [5, 5.41) is 3.21. The van der Waals surface area contributed by atoms with E-state index in [9.17, 15) is 4.79 Å². The molecule has 0 amide bonds. The highest BCUT2D eigenvalue weighted by Gasteiger charge is 2.32. The molecule has 2 atom stereocenters. The molecular formula is C11H19NO5. The average molecular weight is 245 g/mol. The number of carbonyl (C=O) groups excluding carboxylic acids is 1. The van der Waals surface area contributed by atoms with Crippen molar-refractivity contribution < 1.29 is 23.7 Å². The lowest BCUT2D eigenvalue weighted by Crippen LogP contribution is -2.50. The number of hydrogen-bond acceptors (Lipinski definition) is 6. The van der Waals surface area contributed by atoms with Crippen LogP contribution in [-0.2, 0) is 18.9 Å². The van der Waals surface area contributed by atoms with Gasteiger partial charge in [0.15, 0.2) is 12.5 Å². The van der Waals surface area contributed by atoms with E-state index in [0.29, 0.717) is 19.8 Å². The first kappa shape index (κ1) is 12.6. The molecule has 6 heteroatoms. The van der Waals surface area contributed by atoms with E-state index in [1.165, 1.54) is 0 Å². The molecule has 2 rings (SSSR count).